The zero-order valence-electron chi connectivity index (χ0n) is 13.3. The van der Waals surface area contributed by atoms with Crippen molar-refractivity contribution in [1.82, 2.24) is 10.3 Å². The van der Waals surface area contributed by atoms with Crippen LogP contribution in [0.3, 0.4) is 0 Å². The summed E-state index contributed by atoms with van der Waals surface area (Å²) in [6, 6.07) is 5.83. The first-order chi connectivity index (χ1) is 11.2. The van der Waals surface area contributed by atoms with Gasteiger partial charge in [0, 0.05) is 24.9 Å². The molecule has 0 saturated carbocycles. The molecular weight excluding hydrogens is 296 g/mol. The van der Waals surface area contributed by atoms with Crippen molar-refractivity contribution >= 4 is 5.91 Å². The van der Waals surface area contributed by atoms with Gasteiger partial charge in [0.15, 0.2) is 12.1 Å². The third-order valence-corrected chi connectivity index (χ3v) is 3.99. The molecule has 0 bridgehead atoms. The number of oxazole rings is 1. The van der Waals surface area contributed by atoms with Crippen molar-refractivity contribution in [1.29, 1.82) is 0 Å². The second-order valence-corrected chi connectivity index (χ2v) is 5.54. The lowest BCUT2D eigenvalue weighted by Crippen LogP contribution is -2.35. The maximum Gasteiger partial charge on any atom is 0.273 e. The zero-order valence-corrected chi connectivity index (χ0v) is 13.3. The van der Waals surface area contributed by atoms with E-state index in [9.17, 15) is 4.79 Å². The van der Waals surface area contributed by atoms with Crippen molar-refractivity contribution in [2.45, 2.75) is 19.8 Å². The van der Waals surface area contributed by atoms with Gasteiger partial charge in [0.05, 0.1) is 13.7 Å². The molecule has 6 heteroatoms. The molecule has 1 N–H and O–H groups in total. The van der Waals surface area contributed by atoms with Crippen molar-refractivity contribution < 1.29 is 18.7 Å². The van der Waals surface area contributed by atoms with E-state index in [2.05, 4.69) is 10.3 Å². The summed E-state index contributed by atoms with van der Waals surface area (Å²) in [5, 5.41) is 2.92. The van der Waals surface area contributed by atoms with Crippen molar-refractivity contribution in [2.75, 3.05) is 20.3 Å². The molecule has 0 fully saturated rings. The molecular formula is C17H20N2O4. The van der Waals surface area contributed by atoms with E-state index < -0.39 is 0 Å². The minimum atomic E-state index is -0.198. The summed E-state index contributed by atoms with van der Waals surface area (Å²) in [5.74, 6) is 2.29. The highest BCUT2D eigenvalue weighted by Crippen LogP contribution is 2.30. The van der Waals surface area contributed by atoms with Crippen LogP contribution in [0.1, 0.15) is 28.7 Å². The van der Waals surface area contributed by atoms with Gasteiger partial charge in [0.2, 0.25) is 0 Å². The molecule has 23 heavy (non-hydrogen) atoms. The fraction of sp³-hybridized carbons (Fsp3) is 0.412. The van der Waals surface area contributed by atoms with Gasteiger partial charge in [-0.2, -0.15) is 0 Å². The van der Waals surface area contributed by atoms with E-state index in [0.29, 0.717) is 31.0 Å². The third-order valence-electron chi connectivity index (χ3n) is 3.99. The molecule has 0 radical (unpaired) electrons. The summed E-state index contributed by atoms with van der Waals surface area (Å²) in [7, 11) is 1.64. The Morgan fingerprint density at radius 2 is 2.35 bits per heavy atom. The minimum Gasteiger partial charge on any atom is -0.497 e. The quantitative estimate of drug-likeness (QED) is 0.915. The van der Waals surface area contributed by atoms with Gasteiger partial charge in [-0.3, -0.25) is 4.79 Å². The summed E-state index contributed by atoms with van der Waals surface area (Å²) in [6.45, 7) is 3.04. The maximum atomic E-state index is 12.2. The fourth-order valence-electron chi connectivity index (χ4n) is 2.70. The molecule has 1 aliphatic heterocycles. The van der Waals surface area contributed by atoms with Crippen molar-refractivity contribution in [3.05, 3.63) is 41.6 Å². The average Bonchev–Trinajstić information content (AvgIpc) is 3.07. The van der Waals surface area contributed by atoms with Gasteiger partial charge in [-0.15, -0.1) is 0 Å². The highest BCUT2D eigenvalue weighted by Gasteiger charge is 2.22. The molecule has 1 aromatic carbocycles. The number of amides is 1. The molecule has 122 valence electrons. The predicted octanol–water partition coefficient (Wildman–Crippen LogP) is 2.23. The molecule has 0 aliphatic carbocycles. The molecule has 2 aromatic rings. The Balaban J connectivity index is 1.58. The Morgan fingerprint density at radius 3 is 3.13 bits per heavy atom. The summed E-state index contributed by atoms with van der Waals surface area (Å²) in [6.07, 6.45) is 2.81. The van der Waals surface area contributed by atoms with Gasteiger partial charge in [-0.1, -0.05) is 13.0 Å². The summed E-state index contributed by atoms with van der Waals surface area (Å²) >= 11 is 0. The second kappa shape index (κ2) is 6.73. The highest BCUT2D eigenvalue weighted by molar-refractivity contribution is 5.93. The van der Waals surface area contributed by atoms with Crippen LogP contribution in [0.2, 0.25) is 0 Å². The number of hydrogen-bond acceptors (Lipinski definition) is 5. The lowest BCUT2D eigenvalue weighted by atomic mass is 9.96. The van der Waals surface area contributed by atoms with Gasteiger partial charge in [-0.05, 0) is 18.1 Å². The molecule has 3 rings (SSSR count). The summed E-state index contributed by atoms with van der Waals surface area (Å²) in [4.78, 5) is 16.1. The molecule has 0 spiro atoms. The molecule has 1 aliphatic rings. The van der Waals surface area contributed by atoms with Crippen LogP contribution < -0.4 is 14.8 Å². The number of benzene rings is 1. The number of aryl methyl sites for hydroxylation is 1. The van der Waals surface area contributed by atoms with Crippen LogP contribution in [0.15, 0.2) is 29.0 Å². The Hall–Kier alpha value is -2.50. The largest absolute Gasteiger partial charge is 0.497 e. The topological polar surface area (TPSA) is 73.6 Å². The van der Waals surface area contributed by atoms with Crippen molar-refractivity contribution in [2.24, 2.45) is 5.92 Å². The van der Waals surface area contributed by atoms with E-state index in [-0.39, 0.29) is 11.8 Å². The Bertz CT molecular complexity index is 696. The van der Waals surface area contributed by atoms with Gasteiger partial charge < -0.3 is 19.2 Å². The molecule has 1 amide bonds. The fourth-order valence-corrected chi connectivity index (χ4v) is 2.70. The van der Waals surface area contributed by atoms with Crippen LogP contribution in [0, 0.1) is 5.92 Å². The average molecular weight is 316 g/mol. The van der Waals surface area contributed by atoms with Crippen LogP contribution in [0.25, 0.3) is 0 Å². The predicted molar refractivity (Wildman–Crippen MR) is 83.9 cm³/mol. The number of nitrogens with one attached hydrogen (secondary N) is 1. The smallest absolute Gasteiger partial charge is 0.273 e. The Morgan fingerprint density at radius 1 is 1.48 bits per heavy atom. The number of rotatable bonds is 5. The van der Waals surface area contributed by atoms with Gasteiger partial charge >= 0.3 is 0 Å². The first kappa shape index (κ1) is 15.4. The lowest BCUT2D eigenvalue weighted by Gasteiger charge is -2.25. The van der Waals surface area contributed by atoms with Crippen molar-refractivity contribution in [3.63, 3.8) is 0 Å². The number of carbonyl (C=O) groups excluding carboxylic acids is 1. The molecule has 0 unspecified atom stereocenters. The Labute approximate surface area is 134 Å². The molecule has 0 saturated heterocycles. The normalized spacial score (nSPS) is 16.3. The van der Waals surface area contributed by atoms with E-state index in [1.54, 1.807) is 7.11 Å². The number of hydrogen-bond donors (Lipinski definition) is 1. The van der Waals surface area contributed by atoms with E-state index in [4.69, 9.17) is 13.9 Å². The minimum absolute atomic E-state index is 0.198. The van der Waals surface area contributed by atoms with Crippen molar-refractivity contribution in [3.8, 4) is 11.5 Å². The van der Waals surface area contributed by atoms with Gasteiger partial charge in [0.1, 0.15) is 17.3 Å². The van der Waals surface area contributed by atoms with Gasteiger partial charge in [-0.25, -0.2) is 4.98 Å². The number of methoxy groups -OCH3 is 1. The van der Waals surface area contributed by atoms with E-state index in [0.717, 1.165) is 23.5 Å². The van der Waals surface area contributed by atoms with Gasteiger partial charge in [0.25, 0.3) is 5.91 Å². The number of fused-ring (bicyclic) bond motifs is 1. The van der Waals surface area contributed by atoms with Crippen LogP contribution in [0.5, 0.6) is 11.5 Å². The molecule has 1 aromatic heterocycles. The number of aromatic nitrogens is 1. The monoisotopic (exact) mass is 316 g/mol. The summed E-state index contributed by atoms with van der Waals surface area (Å²) < 4.78 is 16.2. The molecule has 2 heterocycles. The van der Waals surface area contributed by atoms with E-state index in [1.807, 2.05) is 25.1 Å². The number of nitrogens with zero attached hydrogens (tertiary/aromatic N) is 1. The van der Waals surface area contributed by atoms with E-state index in [1.165, 1.54) is 6.39 Å². The molecule has 1 atom stereocenters. The lowest BCUT2D eigenvalue weighted by molar-refractivity contribution is 0.0932. The van der Waals surface area contributed by atoms with E-state index >= 15 is 0 Å². The van der Waals surface area contributed by atoms with Crippen LogP contribution in [-0.2, 0) is 12.8 Å². The first-order valence-corrected chi connectivity index (χ1v) is 7.71. The Kier molecular flexibility index (Phi) is 4.50. The number of ether oxygens (including phenoxy) is 2. The number of carbonyl (C=O) groups is 1. The van der Waals surface area contributed by atoms with Crippen LogP contribution in [0.4, 0.5) is 0 Å². The first-order valence-electron chi connectivity index (χ1n) is 7.71. The summed E-state index contributed by atoms with van der Waals surface area (Å²) in [5.41, 5.74) is 1.50. The SMILES string of the molecule is CCc1ocnc1C(=O)NC[C@H]1COc2cc(OC)ccc2C1. The second-order valence-electron chi connectivity index (χ2n) is 5.54. The standard InChI is InChI=1S/C17H20N2O4/c1-3-14-16(19-10-23-14)17(20)18-8-11-6-12-4-5-13(21-2)7-15(12)22-9-11/h4-5,7,10-11H,3,6,8-9H2,1-2H3,(H,18,20)/t11-/m0/s1. The highest BCUT2D eigenvalue weighted by atomic mass is 16.5. The van der Waals surface area contributed by atoms with Crippen LogP contribution >= 0.6 is 0 Å². The maximum absolute atomic E-state index is 12.2. The molecule has 6 nitrogen and oxygen atoms in total. The zero-order chi connectivity index (χ0) is 16.2. The van der Waals surface area contributed by atoms with Crippen LogP contribution in [-0.4, -0.2) is 31.2 Å². The third kappa shape index (κ3) is 3.31.